The number of carboxylic acid groups (broad SMARTS) is 1. The van der Waals surface area contributed by atoms with E-state index in [1.54, 1.807) is 20.8 Å². The Hall–Kier alpha value is -1.10. The number of ether oxygens (including phenoxy) is 1. The lowest BCUT2D eigenvalue weighted by Crippen LogP contribution is -2.41. The summed E-state index contributed by atoms with van der Waals surface area (Å²) in [6.45, 7) is 5.69. The highest BCUT2D eigenvalue weighted by atomic mass is 16.5. The van der Waals surface area contributed by atoms with Crippen molar-refractivity contribution in [2.24, 2.45) is 0 Å². The Morgan fingerprint density at radius 2 is 2.00 bits per heavy atom. The smallest absolute Gasteiger partial charge is 0.323 e. The van der Waals surface area contributed by atoms with Crippen molar-refractivity contribution in [2.45, 2.75) is 26.9 Å². The second-order valence-corrected chi connectivity index (χ2v) is 2.84. The van der Waals surface area contributed by atoms with Gasteiger partial charge >= 0.3 is 5.97 Å². The lowest BCUT2D eigenvalue weighted by Gasteiger charge is -2.22. The average molecular weight is 203 g/mol. The van der Waals surface area contributed by atoms with Crippen LogP contribution >= 0.6 is 0 Å². The number of nitrogens with zero attached hydrogens (tertiary/aromatic N) is 1. The number of hydrogen-bond donors (Lipinski definition) is 1. The Bertz CT molecular complexity index is 205. The molecule has 0 fully saturated rings. The summed E-state index contributed by atoms with van der Waals surface area (Å²) in [5, 5.41) is 8.54. The maximum atomic E-state index is 11.5. The minimum absolute atomic E-state index is 0.271. The molecule has 0 aliphatic carbocycles. The Morgan fingerprint density at radius 3 is 2.36 bits per heavy atom. The largest absolute Gasteiger partial charge is 0.480 e. The first-order chi connectivity index (χ1) is 6.52. The summed E-state index contributed by atoms with van der Waals surface area (Å²) in [7, 11) is 0. The highest BCUT2D eigenvalue weighted by molar-refractivity contribution is 5.84. The van der Waals surface area contributed by atoms with Crippen molar-refractivity contribution >= 4 is 11.9 Å². The van der Waals surface area contributed by atoms with Gasteiger partial charge in [0, 0.05) is 13.2 Å². The van der Waals surface area contributed by atoms with Crippen molar-refractivity contribution in [3.8, 4) is 0 Å². The molecule has 0 aromatic carbocycles. The van der Waals surface area contributed by atoms with Crippen LogP contribution in [0.4, 0.5) is 0 Å². The second kappa shape index (κ2) is 6.37. The third-order valence-electron chi connectivity index (χ3n) is 1.78. The van der Waals surface area contributed by atoms with Crippen LogP contribution in [-0.2, 0) is 14.3 Å². The second-order valence-electron chi connectivity index (χ2n) is 2.84. The average Bonchev–Trinajstić information content (AvgIpc) is 2.13. The summed E-state index contributed by atoms with van der Waals surface area (Å²) in [5.74, 6) is -1.29. The zero-order chi connectivity index (χ0) is 11.1. The fourth-order valence-electron chi connectivity index (χ4n) is 1.09. The number of likely N-dealkylation sites (N-methyl/N-ethyl adjacent to an activating group) is 1. The molecule has 14 heavy (non-hydrogen) atoms. The lowest BCUT2D eigenvalue weighted by atomic mass is 10.3. The zero-order valence-electron chi connectivity index (χ0n) is 8.82. The van der Waals surface area contributed by atoms with E-state index in [0.717, 1.165) is 0 Å². The van der Waals surface area contributed by atoms with Gasteiger partial charge in [0.25, 0.3) is 5.91 Å². The van der Waals surface area contributed by atoms with Gasteiger partial charge < -0.3 is 14.7 Å². The summed E-state index contributed by atoms with van der Waals surface area (Å²) in [5.41, 5.74) is 0. The molecule has 1 amide bonds. The van der Waals surface area contributed by atoms with Crippen LogP contribution in [0.3, 0.4) is 0 Å². The first kappa shape index (κ1) is 12.9. The van der Waals surface area contributed by atoms with Crippen LogP contribution in [0.25, 0.3) is 0 Å². The van der Waals surface area contributed by atoms with Gasteiger partial charge in [0.05, 0.1) is 0 Å². The number of amides is 1. The monoisotopic (exact) mass is 203 g/mol. The van der Waals surface area contributed by atoms with Crippen LogP contribution in [0, 0.1) is 0 Å². The lowest BCUT2D eigenvalue weighted by molar-refractivity contribution is -0.149. The molecule has 1 unspecified atom stereocenters. The molecule has 1 N–H and O–H groups in total. The van der Waals surface area contributed by atoms with Crippen molar-refractivity contribution in [3.05, 3.63) is 0 Å². The molecule has 0 radical (unpaired) electrons. The molecule has 0 aliphatic rings. The summed E-state index contributed by atoms with van der Waals surface area (Å²) < 4.78 is 5.08. The molecule has 0 aromatic heterocycles. The molecule has 0 saturated carbocycles. The van der Waals surface area contributed by atoms with E-state index in [-0.39, 0.29) is 12.5 Å². The summed E-state index contributed by atoms with van der Waals surface area (Å²) in [4.78, 5) is 23.2. The zero-order valence-corrected chi connectivity index (χ0v) is 8.82. The molecule has 0 aromatic rings. The molecular weight excluding hydrogens is 186 g/mol. The van der Waals surface area contributed by atoms with Crippen LogP contribution in [0.1, 0.15) is 20.8 Å². The first-order valence-corrected chi connectivity index (χ1v) is 4.65. The van der Waals surface area contributed by atoms with Crippen molar-refractivity contribution in [1.82, 2.24) is 4.90 Å². The van der Waals surface area contributed by atoms with E-state index in [1.807, 2.05) is 0 Å². The number of carbonyl (C=O) groups excluding carboxylic acids is 1. The van der Waals surface area contributed by atoms with Crippen LogP contribution in [0.15, 0.2) is 0 Å². The predicted octanol–water partition coefficient (Wildman–Crippen LogP) is 0.344. The molecule has 0 saturated heterocycles. The van der Waals surface area contributed by atoms with E-state index < -0.39 is 12.1 Å². The molecule has 0 spiro atoms. The van der Waals surface area contributed by atoms with Crippen molar-refractivity contribution in [2.75, 3.05) is 19.7 Å². The van der Waals surface area contributed by atoms with Gasteiger partial charge in [0.1, 0.15) is 12.6 Å². The molecule has 0 rings (SSSR count). The summed E-state index contributed by atoms with van der Waals surface area (Å²) in [6, 6.07) is 0. The molecule has 0 aliphatic heterocycles. The minimum atomic E-state index is -1.01. The maximum Gasteiger partial charge on any atom is 0.323 e. The number of hydrogen-bond acceptors (Lipinski definition) is 3. The Balaban J connectivity index is 4.22. The minimum Gasteiger partial charge on any atom is -0.480 e. The Kier molecular flexibility index (Phi) is 5.87. The van der Waals surface area contributed by atoms with E-state index in [0.29, 0.717) is 13.2 Å². The van der Waals surface area contributed by atoms with Gasteiger partial charge in [0.15, 0.2) is 0 Å². The molecule has 5 nitrogen and oxygen atoms in total. The van der Waals surface area contributed by atoms with Gasteiger partial charge in [-0.1, -0.05) is 0 Å². The van der Waals surface area contributed by atoms with Crippen LogP contribution in [0.2, 0.25) is 0 Å². The van der Waals surface area contributed by atoms with Crippen molar-refractivity contribution < 1.29 is 19.4 Å². The van der Waals surface area contributed by atoms with E-state index in [4.69, 9.17) is 9.84 Å². The van der Waals surface area contributed by atoms with Crippen molar-refractivity contribution in [1.29, 1.82) is 0 Å². The topological polar surface area (TPSA) is 66.8 Å². The maximum absolute atomic E-state index is 11.5. The first-order valence-electron chi connectivity index (χ1n) is 4.65. The van der Waals surface area contributed by atoms with Crippen LogP contribution < -0.4 is 0 Å². The van der Waals surface area contributed by atoms with Gasteiger partial charge in [-0.25, -0.2) is 0 Å². The molecule has 0 bridgehead atoms. The van der Waals surface area contributed by atoms with Gasteiger partial charge in [-0.15, -0.1) is 0 Å². The van der Waals surface area contributed by atoms with E-state index in [9.17, 15) is 9.59 Å². The Labute approximate surface area is 83.6 Å². The predicted molar refractivity (Wildman–Crippen MR) is 51.0 cm³/mol. The quantitative estimate of drug-likeness (QED) is 0.676. The normalized spacial score (nSPS) is 12.2. The van der Waals surface area contributed by atoms with Crippen molar-refractivity contribution in [3.63, 3.8) is 0 Å². The molecule has 1 atom stereocenters. The van der Waals surface area contributed by atoms with E-state index >= 15 is 0 Å². The number of carboxylic acids is 1. The molecule has 82 valence electrons. The van der Waals surface area contributed by atoms with Crippen LogP contribution in [0.5, 0.6) is 0 Å². The fraction of sp³-hybridized carbons (Fsp3) is 0.778. The van der Waals surface area contributed by atoms with Gasteiger partial charge in [-0.05, 0) is 20.8 Å². The van der Waals surface area contributed by atoms with Gasteiger partial charge in [0.2, 0.25) is 0 Å². The van der Waals surface area contributed by atoms with Gasteiger partial charge in [-0.3, -0.25) is 9.59 Å². The molecule has 5 heteroatoms. The highest BCUT2D eigenvalue weighted by Crippen LogP contribution is 1.99. The number of carbonyl (C=O) groups is 2. The SMILES string of the molecule is CCOC(C)C(=O)N(CC)CC(=O)O. The number of aliphatic carboxylic acids is 1. The van der Waals surface area contributed by atoms with E-state index in [1.165, 1.54) is 4.90 Å². The highest BCUT2D eigenvalue weighted by Gasteiger charge is 2.20. The van der Waals surface area contributed by atoms with E-state index in [2.05, 4.69) is 0 Å². The Morgan fingerprint density at radius 1 is 1.43 bits per heavy atom. The third-order valence-corrected chi connectivity index (χ3v) is 1.78. The van der Waals surface area contributed by atoms with Gasteiger partial charge in [-0.2, -0.15) is 0 Å². The molecular formula is C9H17NO4. The summed E-state index contributed by atoms with van der Waals surface area (Å²) >= 11 is 0. The number of rotatable bonds is 6. The van der Waals surface area contributed by atoms with Crippen LogP contribution in [-0.4, -0.2) is 47.7 Å². The standard InChI is InChI=1S/C9H17NO4/c1-4-10(6-8(11)12)9(13)7(3)14-5-2/h7H,4-6H2,1-3H3,(H,11,12). The molecule has 0 heterocycles. The third kappa shape index (κ3) is 4.23. The fourth-order valence-corrected chi connectivity index (χ4v) is 1.09. The summed E-state index contributed by atoms with van der Waals surface area (Å²) in [6.07, 6.45) is -0.570.